The second-order valence-corrected chi connectivity index (χ2v) is 5.42. The van der Waals surface area contributed by atoms with Crippen LogP contribution in [0.3, 0.4) is 0 Å². The molecule has 0 spiro atoms. The van der Waals surface area contributed by atoms with Crippen molar-refractivity contribution in [1.29, 1.82) is 0 Å². The Bertz CT molecular complexity index is 321. The zero-order valence-corrected chi connectivity index (χ0v) is 11.6. The molecule has 108 valence electrons. The summed E-state index contributed by atoms with van der Waals surface area (Å²) in [5, 5.41) is 9.35. The molecule has 19 heavy (non-hydrogen) atoms. The smallest absolute Gasteiger partial charge is 0.241 e. The third-order valence-electron chi connectivity index (χ3n) is 3.90. The zero-order valence-electron chi connectivity index (χ0n) is 11.6. The first kappa shape index (κ1) is 14.3. The first-order valence-corrected chi connectivity index (χ1v) is 7.14. The molecule has 6 heteroatoms. The van der Waals surface area contributed by atoms with Crippen LogP contribution in [0.25, 0.3) is 0 Å². The van der Waals surface area contributed by atoms with Crippen LogP contribution in [-0.4, -0.2) is 62.0 Å². The van der Waals surface area contributed by atoms with Crippen molar-refractivity contribution in [3.05, 3.63) is 0 Å². The van der Waals surface area contributed by atoms with Crippen LogP contribution in [0.5, 0.6) is 0 Å². The van der Waals surface area contributed by atoms with Gasteiger partial charge in [0.2, 0.25) is 11.8 Å². The van der Waals surface area contributed by atoms with E-state index in [1.807, 2.05) is 4.90 Å². The van der Waals surface area contributed by atoms with Crippen molar-refractivity contribution in [2.45, 2.75) is 25.8 Å². The largest absolute Gasteiger partial charge is 0.356 e. The Morgan fingerprint density at radius 2 is 2.00 bits per heavy atom. The lowest BCUT2D eigenvalue weighted by atomic mass is 9.96. The van der Waals surface area contributed by atoms with Gasteiger partial charge in [-0.05, 0) is 18.8 Å². The number of carbonyl (C=O) groups excluding carboxylic acids is 2. The van der Waals surface area contributed by atoms with Gasteiger partial charge < -0.3 is 20.9 Å². The van der Waals surface area contributed by atoms with Gasteiger partial charge in [0.1, 0.15) is 0 Å². The number of nitrogens with zero attached hydrogens (tertiary/aromatic N) is 1. The average Bonchev–Trinajstić information content (AvgIpc) is 2.46. The molecule has 2 fully saturated rings. The van der Waals surface area contributed by atoms with Crippen LogP contribution in [0.15, 0.2) is 0 Å². The van der Waals surface area contributed by atoms with Crippen molar-refractivity contribution in [3.8, 4) is 0 Å². The highest BCUT2D eigenvalue weighted by atomic mass is 16.2. The van der Waals surface area contributed by atoms with E-state index >= 15 is 0 Å². The number of hydrogen-bond acceptors (Lipinski definition) is 4. The molecule has 2 aliphatic heterocycles. The summed E-state index contributed by atoms with van der Waals surface area (Å²) < 4.78 is 0. The molecule has 2 aliphatic rings. The monoisotopic (exact) mass is 268 g/mol. The van der Waals surface area contributed by atoms with Crippen molar-refractivity contribution < 1.29 is 9.59 Å². The second kappa shape index (κ2) is 6.86. The number of nitrogens with one attached hydrogen (secondary N) is 3. The van der Waals surface area contributed by atoms with Crippen LogP contribution in [-0.2, 0) is 9.59 Å². The summed E-state index contributed by atoms with van der Waals surface area (Å²) in [6.45, 7) is 6.41. The number of hydrogen-bond donors (Lipinski definition) is 3. The highest BCUT2D eigenvalue weighted by Gasteiger charge is 2.28. The predicted octanol–water partition coefficient (Wildman–Crippen LogP) is -1.08. The molecular formula is C13H24N4O2. The molecule has 2 saturated heterocycles. The summed E-state index contributed by atoms with van der Waals surface area (Å²) in [7, 11) is 0. The van der Waals surface area contributed by atoms with Gasteiger partial charge in [-0.1, -0.05) is 0 Å². The van der Waals surface area contributed by atoms with Crippen molar-refractivity contribution in [1.82, 2.24) is 20.9 Å². The fraction of sp³-hybridized carbons (Fsp3) is 0.846. The molecule has 2 amide bonds. The van der Waals surface area contributed by atoms with Crippen LogP contribution < -0.4 is 16.0 Å². The van der Waals surface area contributed by atoms with Crippen LogP contribution in [0.1, 0.15) is 19.8 Å². The molecule has 2 heterocycles. The summed E-state index contributed by atoms with van der Waals surface area (Å²) in [6.07, 6.45) is 1.96. The normalized spacial score (nSPS) is 25.1. The molecule has 1 atom stereocenters. The van der Waals surface area contributed by atoms with E-state index in [0.29, 0.717) is 5.92 Å². The summed E-state index contributed by atoms with van der Waals surface area (Å²) in [5.41, 5.74) is 0. The van der Waals surface area contributed by atoms with Gasteiger partial charge in [-0.25, -0.2) is 0 Å². The Morgan fingerprint density at radius 1 is 1.26 bits per heavy atom. The van der Waals surface area contributed by atoms with E-state index in [0.717, 1.165) is 52.1 Å². The Hall–Kier alpha value is -1.14. The lowest BCUT2D eigenvalue weighted by Crippen LogP contribution is -2.57. The summed E-state index contributed by atoms with van der Waals surface area (Å²) in [5.74, 6) is 0.742. The average molecular weight is 268 g/mol. The Labute approximate surface area is 114 Å². The minimum absolute atomic E-state index is 0.0241. The fourth-order valence-corrected chi connectivity index (χ4v) is 2.69. The molecule has 0 aromatic carbocycles. The highest BCUT2D eigenvalue weighted by Crippen LogP contribution is 2.17. The Kier molecular flexibility index (Phi) is 5.15. The summed E-state index contributed by atoms with van der Waals surface area (Å²) in [6, 6.07) is -0.0688. The second-order valence-electron chi connectivity index (χ2n) is 5.42. The molecule has 0 aromatic rings. The number of likely N-dealkylation sites (tertiary alicyclic amines) is 1. The van der Waals surface area contributed by atoms with Crippen molar-refractivity contribution >= 4 is 11.8 Å². The number of amides is 2. The molecule has 1 unspecified atom stereocenters. The predicted molar refractivity (Wildman–Crippen MR) is 72.6 cm³/mol. The maximum Gasteiger partial charge on any atom is 0.241 e. The highest BCUT2D eigenvalue weighted by molar-refractivity contribution is 5.82. The minimum Gasteiger partial charge on any atom is -0.356 e. The van der Waals surface area contributed by atoms with Gasteiger partial charge >= 0.3 is 0 Å². The van der Waals surface area contributed by atoms with Gasteiger partial charge in [0.05, 0.1) is 6.04 Å². The van der Waals surface area contributed by atoms with Crippen molar-refractivity contribution in [2.24, 2.45) is 5.92 Å². The molecule has 0 aromatic heterocycles. The third-order valence-corrected chi connectivity index (χ3v) is 3.90. The van der Waals surface area contributed by atoms with Gasteiger partial charge in [-0.2, -0.15) is 0 Å². The van der Waals surface area contributed by atoms with Gasteiger partial charge in [0.25, 0.3) is 0 Å². The first-order valence-electron chi connectivity index (χ1n) is 7.14. The molecule has 6 nitrogen and oxygen atoms in total. The van der Waals surface area contributed by atoms with Crippen molar-refractivity contribution in [2.75, 3.05) is 39.3 Å². The number of rotatable bonds is 3. The third kappa shape index (κ3) is 4.18. The van der Waals surface area contributed by atoms with Crippen LogP contribution in [0.4, 0.5) is 0 Å². The first-order chi connectivity index (χ1) is 9.16. The van der Waals surface area contributed by atoms with E-state index in [1.165, 1.54) is 0 Å². The molecule has 0 radical (unpaired) electrons. The quantitative estimate of drug-likeness (QED) is 0.609. The number of carbonyl (C=O) groups is 2. The maximum absolute atomic E-state index is 12.3. The molecule has 0 saturated carbocycles. The van der Waals surface area contributed by atoms with E-state index in [9.17, 15) is 9.59 Å². The van der Waals surface area contributed by atoms with E-state index in [-0.39, 0.29) is 17.9 Å². The number of piperidine rings is 1. The summed E-state index contributed by atoms with van der Waals surface area (Å²) in [4.78, 5) is 25.1. The van der Waals surface area contributed by atoms with Crippen LogP contribution in [0.2, 0.25) is 0 Å². The number of piperazine rings is 1. The standard InChI is InChI=1S/C13H24N4O2/c1-10(18)16-8-11-2-6-17(7-3-11)13(19)12-9-14-4-5-15-12/h11-12,14-15H,2-9H2,1H3,(H,16,18). The zero-order chi connectivity index (χ0) is 13.7. The van der Waals surface area contributed by atoms with Crippen LogP contribution in [0, 0.1) is 5.92 Å². The van der Waals surface area contributed by atoms with E-state index in [1.54, 1.807) is 6.92 Å². The van der Waals surface area contributed by atoms with Crippen molar-refractivity contribution in [3.63, 3.8) is 0 Å². The van der Waals surface area contributed by atoms with E-state index in [2.05, 4.69) is 16.0 Å². The van der Waals surface area contributed by atoms with Gasteiger partial charge in [0, 0.05) is 46.2 Å². The molecule has 0 aliphatic carbocycles. The Balaban J connectivity index is 1.72. The minimum atomic E-state index is -0.0688. The lowest BCUT2D eigenvalue weighted by Gasteiger charge is -2.35. The lowest BCUT2D eigenvalue weighted by molar-refractivity contribution is -0.135. The van der Waals surface area contributed by atoms with Gasteiger partial charge in [-0.15, -0.1) is 0 Å². The Morgan fingerprint density at radius 3 is 2.58 bits per heavy atom. The van der Waals surface area contributed by atoms with Gasteiger partial charge in [-0.3, -0.25) is 9.59 Å². The maximum atomic E-state index is 12.3. The topological polar surface area (TPSA) is 73.5 Å². The van der Waals surface area contributed by atoms with E-state index in [4.69, 9.17) is 0 Å². The van der Waals surface area contributed by atoms with Crippen LogP contribution >= 0.6 is 0 Å². The summed E-state index contributed by atoms with van der Waals surface area (Å²) >= 11 is 0. The van der Waals surface area contributed by atoms with E-state index < -0.39 is 0 Å². The molecule has 2 rings (SSSR count). The molecule has 3 N–H and O–H groups in total. The molecular weight excluding hydrogens is 244 g/mol. The molecule has 0 bridgehead atoms. The fourth-order valence-electron chi connectivity index (χ4n) is 2.69. The van der Waals surface area contributed by atoms with Gasteiger partial charge in [0.15, 0.2) is 0 Å². The SMILES string of the molecule is CC(=O)NCC1CCN(C(=O)C2CNCCN2)CC1.